The first-order valence-corrected chi connectivity index (χ1v) is 19.4. The summed E-state index contributed by atoms with van der Waals surface area (Å²) in [6, 6.07) is 0. The number of aliphatic hydroxyl groups is 6. The Labute approximate surface area is 295 Å². The summed E-state index contributed by atoms with van der Waals surface area (Å²) in [7, 11) is 0. The van der Waals surface area contributed by atoms with Crippen molar-refractivity contribution in [1.82, 2.24) is 0 Å². The van der Waals surface area contributed by atoms with Gasteiger partial charge in [-0.2, -0.15) is 0 Å². The van der Waals surface area contributed by atoms with Crippen molar-refractivity contribution in [3.8, 4) is 0 Å². The second-order valence-corrected chi connectivity index (χ2v) is 17.9. The summed E-state index contributed by atoms with van der Waals surface area (Å²) in [5.41, 5.74) is 0.917. The Morgan fingerprint density at radius 2 is 1.60 bits per heavy atom. The lowest BCUT2D eigenvalue weighted by atomic mass is 9.46. The van der Waals surface area contributed by atoms with Crippen molar-refractivity contribution < 1.29 is 59.1 Å². The van der Waals surface area contributed by atoms with Crippen LogP contribution in [-0.2, 0) is 28.4 Å². The van der Waals surface area contributed by atoms with Gasteiger partial charge in [-0.25, -0.2) is 0 Å². The number of ether oxygens (including phenoxy) is 6. The van der Waals surface area contributed by atoms with E-state index in [4.69, 9.17) is 28.4 Å². The molecular weight excluding hydrogens is 648 g/mol. The van der Waals surface area contributed by atoms with Crippen LogP contribution in [0.2, 0.25) is 0 Å². The zero-order chi connectivity index (χ0) is 35.5. The maximum absolute atomic E-state index is 11.1. The van der Waals surface area contributed by atoms with Crippen molar-refractivity contribution in [2.24, 2.45) is 46.3 Å². The average molecular weight is 709 g/mol. The number of allylic oxidation sites excluding steroid dienone is 1. The summed E-state index contributed by atoms with van der Waals surface area (Å²) in [5, 5.41) is 64.1. The van der Waals surface area contributed by atoms with Gasteiger partial charge in [-0.05, 0) is 80.5 Å². The van der Waals surface area contributed by atoms with Crippen LogP contribution in [0.3, 0.4) is 0 Å². The molecule has 12 nitrogen and oxygen atoms in total. The summed E-state index contributed by atoms with van der Waals surface area (Å²) >= 11 is 0. The van der Waals surface area contributed by atoms with E-state index in [1.807, 2.05) is 0 Å². The van der Waals surface area contributed by atoms with Crippen LogP contribution in [0.4, 0.5) is 0 Å². The Kier molecular flexibility index (Phi) is 9.38. The van der Waals surface area contributed by atoms with Gasteiger partial charge in [0.25, 0.3) is 0 Å². The second kappa shape index (κ2) is 12.9. The molecule has 4 aliphatic carbocycles. The molecule has 0 aromatic rings. The fraction of sp³-hybridized carbons (Fsp3) is 0.947. The highest BCUT2D eigenvalue weighted by atomic mass is 16.8. The lowest BCUT2D eigenvalue weighted by Gasteiger charge is -2.60. The molecule has 6 N–H and O–H groups in total. The third-order valence-electron chi connectivity index (χ3n) is 15.2. The van der Waals surface area contributed by atoms with E-state index in [-0.39, 0.29) is 18.1 Å². The first-order valence-electron chi connectivity index (χ1n) is 19.4. The average Bonchev–Trinajstić information content (AvgIpc) is 3.53. The van der Waals surface area contributed by atoms with Crippen molar-refractivity contribution in [1.29, 1.82) is 0 Å². The number of rotatable bonds is 4. The second-order valence-electron chi connectivity index (χ2n) is 17.9. The van der Waals surface area contributed by atoms with Crippen LogP contribution >= 0.6 is 0 Å². The third-order valence-corrected chi connectivity index (χ3v) is 15.2. The Morgan fingerprint density at radius 3 is 2.34 bits per heavy atom. The highest BCUT2D eigenvalue weighted by Gasteiger charge is 2.69. The van der Waals surface area contributed by atoms with Crippen LogP contribution in [-0.4, -0.2) is 123 Å². The van der Waals surface area contributed by atoms with Crippen LogP contribution in [0.1, 0.15) is 86.0 Å². The normalized spacial score (nSPS) is 59.3. The molecule has 1 spiro atoms. The topological polar surface area (TPSA) is 177 Å². The molecule has 4 saturated heterocycles. The van der Waals surface area contributed by atoms with Gasteiger partial charge in [0.1, 0.15) is 36.6 Å². The highest BCUT2D eigenvalue weighted by molar-refractivity contribution is 5.28. The van der Waals surface area contributed by atoms with Crippen LogP contribution in [0, 0.1) is 46.3 Å². The van der Waals surface area contributed by atoms with E-state index in [0.29, 0.717) is 48.3 Å². The van der Waals surface area contributed by atoms with Gasteiger partial charge in [-0.15, -0.1) is 0 Å². The molecule has 8 rings (SSSR count). The standard InChI is InChI=1S/C38H60O12/c1-17-8-11-38(46-15-17)18(2)28-26(50-38)14-24-22-7-6-20-12-21(39)13-27(37(20,5)23(22)9-10-36(24,28)4)48-35-33(30(42)25(40)16-45-35)49-34-32(44)31(43)29(41)19(3)47-34/h6,17-19,21-35,39-44H,7-16H2,1-5H3/t17-,18-,19-,21-,22-,23-,24-,25+,26-,27-,28-,29+,30+,31+,32+,33+,34+,35+,36+,37+,38-/m1/s1. The van der Waals surface area contributed by atoms with E-state index in [1.54, 1.807) is 6.92 Å². The van der Waals surface area contributed by atoms with Gasteiger partial charge in [-0.3, -0.25) is 0 Å². The molecule has 0 aromatic heterocycles. The number of hydrogen-bond donors (Lipinski definition) is 6. The minimum atomic E-state index is -1.60. The van der Waals surface area contributed by atoms with E-state index in [0.717, 1.165) is 45.1 Å². The molecule has 0 amide bonds. The zero-order valence-electron chi connectivity index (χ0n) is 30.2. The third kappa shape index (κ3) is 5.45. The van der Waals surface area contributed by atoms with Gasteiger partial charge in [0.05, 0.1) is 37.6 Å². The van der Waals surface area contributed by atoms with Crippen molar-refractivity contribution in [3.05, 3.63) is 11.6 Å². The molecular formula is C38H60O12. The lowest BCUT2D eigenvalue weighted by molar-refractivity contribution is -0.362. The van der Waals surface area contributed by atoms with Gasteiger partial charge in [0.15, 0.2) is 18.4 Å². The van der Waals surface area contributed by atoms with Gasteiger partial charge >= 0.3 is 0 Å². The fourth-order valence-electron chi connectivity index (χ4n) is 12.4. The van der Waals surface area contributed by atoms with Gasteiger partial charge in [-0.1, -0.05) is 39.3 Å². The molecule has 21 atom stereocenters. The Bertz CT molecular complexity index is 1290. The molecule has 0 radical (unpaired) electrons. The maximum Gasteiger partial charge on any atom is 0.187 e. The first kappa shape index (κ1) is 36.2. The molecule has 284 valence electrons. The van der Waals surface area contributed by atoms with Crippen LogP contribution in [0.25, 0.3) is 0 Å². The monoisotopic (exact) mass is 708 g/mol. The molecule has 4 aliphatic heterocycles. The Balaban J connectivity index is 1.04. The zero-order valence-corrected chi connectivity index (χ0v) is 30.2. The minimum absolute atomic E-state index is 0.134. The number of aliphatic hydroxyl groups excluding tert-OH is 6. The maximum atomic E-state index is 11.1. The summed E-state index contributed by atoms with van der Waals surface area (Å²) < 4.78 is 38.0. The molecule has 0 unspecified atom stereocenters. The summed E-state index contributed by atoms with van der Waals surface area (Å²) in [6.07, 6.45) is -3.26. The van der Waals surface area contributed by atoms with Crippen LogP contribution in [0.5, 0.6) is 0 Å². The number of hydrogen-bond acceptors (Lipinski definition) is 12. The lowest BCUT2D eigenvalue weighted by Crippen LogP contribution is -2.63. The predicted octanol–water partition coefficient (Wildman–Crippen LogP) is 2.00. The Morgan fingerprint density at radius 1 is 0.820 bits per heavy atom. The van der Waals surface area contributed by atoms with E-state index >= 15 is 0 Å². The largest absolute Gasteiger partial charge is 0.393 e. The summed E-state index contributed by atoms with van der Waals surface area (Å²) in [6.45, 7) is 11.5. The van der Waals surface area contributed by atoms with Crippen molar-refractivity contribution in [3.63, 3.8) is 0 Å². The van der Waals surface area contributed by atoms with Crippen molar-refractivity contribution in [2.45, 2.75) is 165 Å². The molecule has 4 heterocycles. The smallest absolute Gasteiger partial charge is 0.187 e. The fourth-order valence-corrected chi connectivity index (χ4v) is 12.4. The molecule has 0 aromatic carbocycles. The quantitative estimate of drug-likeness (QED) is 0.235. The van der Waals surface area contributed by atoms with E-state index in [1.165, 1.54) is 5.57 Å². The van der Waals surface area contributed by atoms with Gasteiger partial charge in [0.2, 0.25) is 0 Å². The first-order chi connectivity index (χ1) is 23.7. The van der Waals surface area contributed by atoms with Gasteiger partial charge < -0.3 is 59.1 Å². The molecule has 0 bridgehead atoms. The van der Waals surface area contributed by atoms with Crippen LogP contribution < -0.4 is 0 Å². The van der Waals surface area contributed by atoms with E-state index < -0.39 is 78.7 Å². The molecule has 3 saturated carbocycles. The molecule has 8 aliphatic rings. The number of fused-ring (bicyclic) bond motifs is 7. The SMILES string of the molecule is C[C@@H]1CC[C@@]2(OC1)O[C@@H]1C[C@@H]3[C@@H]4CC=C5C[C@@H](O)C[C@@H](O[C@@H]6OC[C@H](O)[C@H](O)[C@@H]6O[C@@H]6O[C@H](C)[C@H](O)[C@H](O)[C@@H]6O)[C@]5(C)[C@@H]4CC[C@]3(C)[C@@H]1[C@H]2C. The van der Waals surface area contributed by atoms with Crippen molar-refractivity contribution >= 4 is 0 Å². The van der Waals surface area contributed by atoms with Gasteiger partial charge in [0, 0.05) is 24.2 Å². The molecule has 7 fully saturated rings. The van der Waals surface area contributed by atoms with E-state index in [2.05, 4.69) is 33.8 Å². The molecule has 12 heteroatoms. The minimum Gasteiger partial charge on any atom is -0.393 e. The molecule has 50 heavy (non-hydrogen) atoms. The van der Waals surface area contributed by atoms with Crippen molar-refractivity contribution in [2.75, 3.05) is 13.2 Å². The van der Waals surface area contributed by atoms with E-state index in [9.17, 15) is 30.6 Å². The van der Waals surface area contributed by atoms with Crippen LogP contribution in [0.15, 0.2) is 11.6 Å². The predicted molar refractivity (Wildman–Crippen MR) is 177 cm³/mol. The summed E-state index contributed by atoms with van der Waals surface area (Å²) in [4.78, 5) is 0. The Hall–Kier alpha value is -0.740. The highest BCUT2D eigenvalue weighted by Crippen LogP contribution is 2.71. The summed E-state index contributed by atoms with van der Waals surface area (Å²) in [5.74, 6) is 2.08.